The molecular weight excluding hydrogens is 322 g/mol. The van der Waals surface area contributed by atoms with Gasteiger partial charge in [0.05, 0.1) is 10.6 Å². The van der Waals surface area contributed by atoms with Crippen LogP contribution in [0.25, 0.3) is 11.3 Å². The Morgan fingerprint density at radius 3 is 2.38 bits per heavy atom. The molecule has 2 aromatic rings. The van der Waals surface area contributed by atoms with Crippen molar-refractivity contribution in [3.05, 3.63) is 48.2 Å². The zero-order valence-corrected chi connectivity index (χ0v) is 14.7. The van der Waals surface area contributed by atoms with Gasteiger partial charge in [-0.25, -0.2) is 8.42 Å². The van der Waals surface area contributed by atoms with Gasteiger partial charge in [0, 0.05) is 50.7 Å². The molecule has 3 rings (SSSR count). The summed E-state index contributed by atoms with van der Waals surface area (Å²) in [4.78, 5) is 7.32. The van der Waals surface area contributed by atoms with Gasteiger partial charge < -0.3 is 10.2 Å². The van der Waals surface area contributed by atoms with Gasteiger partial charge in [0.1, 0.15) is 0 Å². The molecule has 0 amide bonds. The van der Waals surface area contributed by atoms with Crippen LogP contribution in [0.2, 0.25) is 0 Å². The summed E-state index contributed by atoms with van der Waals surface area (Å²) in [5, 5.41) is 3.36. The first-order chi connectivity index (χ1) is 11.5. The molecule has 1 fully saturated rings. The molecular formula is C18H23N3O2S. The highest BCUT2D eigenvalue weighted by atomic mass is 32.2. The van der Waals surface area contributed by atoms with E-state index in [0.29, 0.717) is 4.90 Å². The number of benzene rings is 1. The number of hydrogen-bond acceptors (Lipinski definition) is 5. The number of nitrogens with one attached hydrogen (secondary N) is 1. The number of pyridine rings is 1. The summed E-state index contributed by atoms with van der Waals surface area (Å²) in [5.41, 5.74) is 3.02. The van der Waals surface area contributed by atoms with Crippen LogP contribution in [-0.4, -0.2) is 57.3 Å². The maximum atomic E-state index is 11.5. The zero-order chi connectivity index (χ0) is 17.0. The van der Waals surface area contributed by atoms with Gasteiger partial charge in [0.2, 0.25) is 0 Å². The normalized spacial score (nSPS) is 16.2. The quantitative estimate of drug-likeness (QED) is 0.892. The fraction of sp³-hybridized carbons (Fsp3) is 0.389. The highest BCUT2D eigenvalue weighted by Gasteiger charge is 2.10. The minimum atomic E-state index is -3.16. The lowest BCUT2D eigenvalue weighted by Crippen LogP contribution is -2.44. The number of hydrogen-bond donors (Lipinski definition) is 1. The monoisotopic (exact) mass is 345 g/mol. The van der Waals surface area contributed by atoms with E-state index in [0.717, 1.165) is 50.4 Å². The number of nitrogens with zero attached hydrogens (tertiary/aromatic N) is 2. The largest absolute Gasteiger partial charge is 0.314 e. The Bertz CT molecular complexity index is 765. The van der Waals surface area contributed by atoms with Crippen LogP contribution in [0, 0.1) is 0 Å². The third-order valence-electron chi connectivity index (χ3n) is 4.33. The van der Waals surface area contributed by atoms with Crippen LogP contribution in [0.3, 0.4) is 0 Å². The topological polar surface area (TPSA) is 62.3 Å². The molecule has 1 aromatic heterocycles. The zero-order valence-electron chi connectivity index (χ0n) is 13.9. The maximum Gasteiger partial charge on any atom is 0.175 e. The van der Waals surface area contributed by atoms with Crippen LogP contribution >= 0.6 is 0 Å². The molecule has 1 saturated heterocycles. The Labute approximate surface area is 143 Å². The van der Waals surface area contributed by atoms with Crippen molar-refractivity contribution in [3.63, 3.8) is 0 Å². The summed E-state index contributed by atoms with van der Waals surface area (Å²) >= 11 is 0. The Morgan fingerprint density at radius 1 is 1.08 bits per heavy atom. The molecule has 24 heavy (non-hydrogen) atoms. The summed E-state index contributed by atoms with van der Waals surface area (Å²) < 4.78 is 23.0. The summed E-state index contributed by atoms with van der Waals surface area (Å²) in [5.74, 6) is 0. The van der Waals surface area contributed by atoms with E-state index in [1.807, 2.05) is 12.3 Å². The number of aromatic nitrogens is 1. The van der Waals surface area contributed by atoms with Crippen LogP contribution in [0.5, 0.6) is 0 Å². The fourth-order valence-corrected chi connectivity index (χ4v) is 3.47. The van der Waals surface area contributed by atoms with Gasteiger partial charge in [-0.3, -0.25) is 4.98 Å². The Balaban J connectivity index is 1.63. The van der Waals surface area contributed by atoms with E-state index in [4.69, 9.17) is 0 Å². The van der Waals surface area contributed by atoms with Gasteiger partial charge in [-0.05, 0) is 30.2 Å². The number of piperazine rings is 1. The standard InChI is InChI=1S/C18H23N3O2S/c1-24(22,23)17-5-3-16(4-6-17)18-7-2-15(14-20-18)8-11-21-12-9-19-10-13-21/h2-7,14,19H,8-13H2,1H3. The first-order valence-electron chi connectivity index (χ1n) is 8.21. The lowest BCUT2D eigenvalue weighted by Gasteiger charge is -2.27. The van der Waals surface area contributed by atoms with Crippen molar-refractivity contribution in [2.24, 2.45) is 0 Å². The molecule has 1 aliphatic rings. The third kappa shape index (κ3) is 4.41. The van der Waals surface area contributed by atoms with Crippen LogP contribution in [0.1, 0.15) is 5.56 Å². The molecule has 1 aliphatic heterocycles. The highest BCUT2D eigenvalue weighted by Crippen LogP contribution is 2.20. The van der Waals surface area contributed by atoms with Crippen molar-refractivity contribution in [2.45, 2.75) is 11.3 Å². The summed E-state index contributed by atoms with van der Waals surface area (Å²) in [6.07, 6.45) is 4.13. The third-order valence-corrected chi connectivity index (χ3v) is 5.46. The van der Waals surface area contributed by atoms with E-state index in [1.165, 1.54) is 11.8 Å². The molecule has 5 nitrogen and oxygen atoms in total. The smallest absolute Gasteiger partial charge is 0.175 e. The summed E-state index contributed by atoms with van der Waals surface area (Å²) in [7, 11) is -3.16. The minimum absolute atomic E-state index is 0.332. The van der Waals surface area contributed by atoms with Gasteiger partial charge in [0.25, 0.3) is 0 Å². The molecule has 0 aliphatic carbocycles. The Morgan fingerprint density at radius 2 is 1.79 bits per heavy atom. The molecule has 128 valence electrons. The predicted molar refractivity (Wildman–Crippen MR) is 95.8 cm³/mol. The van der Waals surface area contributed by atoms with Gasteiger partial charge in [-0.2, -0.15) is 0 Å². The number of sulfone groups is 1. The van der Waals surface area contributed by atoms with Gasteiger partial charge in [-0.15, -0.1) is 0 Å². The second-order valence-electron chi connectivity index (χ2n) is 6.19. The summed E-state index contributed by atoms with van der Waals surface area (Å²) in [6, 6.07) is 11.0. The fourth-order valence-electron chi connectivity index (χ4n) is 2.84. The minimum Gasteiger partial charge on any atom is -0.314 e. The predicted octanol–water partition coefficient (Wildman–Crippen LogP) is 1.60. The molecule has 0 radical (unpaired) electrons. The van der Waals surface area contributed by atoms with Crippen molar-refractivity contribution in [1.29, 1.82) is 0 Å². The van der Waals surface area contributed by atoms with Crippen LogP contribution in [0.4, 0.5) is 0 Å². The van der Waals surface area contributed by atoms with Crippen LogP contribution in [-0.2, 0) is 16.3 Å². The Kier molecular flexibility index (Phi) is 5.28. The second-order valence-corrected chi connectivity index (χ2v) is 8.21. The van der Waals surface area contributed by atoms with E-state index >= 15 is 0 Å². The average Bonchev–Trinajstić information content (AvgIpc) is 2.61. The van der Waals surface area contributed by atoms with E-state index in [2.05, 4.69) is 21.3 Å². The van der Waals surface area contributed by atoms with E-state index in [-0.39, 0.29) is 0 Å². The van der Waals surface area contributed by atoms with E-state index in [1.54, 1.807) is 24.3 Å². The van der Waals surface area contributed by atoms with Gasteiger partial charge in [0.15, 0.2) is 9.84 Å². The van der Waals surface area contributed by atoms with Gasteiger partial charge in [-0.1, -0.05) is 18.2 Å². The lowest BCUT2D eigenvalue weighted by atomic mass is 10.1. The first-order valence-corrected chi connectivity index (χ1v) is 10.1. The molecule has 0 bridgehead atoms. The van der Waals surface area contributed by atoms with Crippen molar-refractivity contribution in [1.82, 2.24) is 15.2 Å². The SMILES string of the molecule is CS(=O)(=O)c1ccc(-c2ccc(CCN3CCNCC3)cn2)cc1. The van der Waals surface area contributed by atoms with Gasteiger partial charge >= 0.3 is 0 Å². The van der Waals surface area contributed by atoms with Crippen molar-refractivity contribution in [3.8, 4) is 11.3 Å². The van der Waals surface area contributed by atoms with E-state index < -0.39 is 9.84 Å². The summed E-state index contributed by atoms with van der Waals surface area (Å²) in [6.45, 7) is 5.42. The highest BCUT2D eigenvalue weighted by molar-refractivity contribution is 7.90. The van der Waals surface area contributed by atoms with Crippen molar-refractivity contribution in [2.75, 3.05) is 39.0 Å². The molecule has 1 aromatic carbocycles. The van der Waals surface area contributed by atoms with E-state index in [9.17, 15) is 8.42 Å². The molecule has 0 saturated carbocycles. The molecule has 1 N–H and O–H groups in total. The first kappa shape index (κ1) is 17.1. The Hall–Kier alpha value is -1.76. The van der Waals surface area contributed by atoms with Crippen LogP contribution < -0.4 is 5.32 Å². The van der Waals surface area contributed by atoms with Crippen molar-refractivity contribution >= 4 is 9.84 Å². The number of rotatable bonds is 5. The lowest BCUT2D eigenvalue weighted by molar-refractivity contribution is 0.244. The molecule has 0 atom stereocenters. The molecule has 6 heteroatoms. The molecule has 0 unspecified atom stereocenters. The van der Waals surface area contributed by atoms with Crippen molar-refractivity contribution < 1.29 is 8.42 Å². The average molecular weight is 345 g/mol. The maximum absolute atomic E-state index is 11.5. The molecule has 2 heterocycles. The second kappa shape index (κ2) is 7.42. The molecule has 0 spiro atoms. The van der Waals surface area contributed by atoms with Crippen LogP contribution in [0.15, 0.2) is 47.5 Å².